The highest BCUT2D eigenvalue weighted by atomic mass is 16.5. The van der Waals surface area contributed by atoms with Gasteiger partial charge in [0.15, 0.2) is 0 Å². The van der Waals surface area contributed by atoms with Crippen LogP contribution in [-0.4, -0.2) is 44.4 Å². The van der Waals surface area contributed by atoms with E-state index in [1.165, 1.54) is 0 Å². The summed E-state index contributed by atoms with van der Waals surface area (Å²) in [5.41, 5.74) is 1.64. The topological polar surface area (TPSA) is 88.2 Å². The molecule has 4 rings (SSSR count). The van der Waals surface area contributed by atoms with Gasteiger partial charge in [-0.3, -0.25) is 4.98 Å². The SMILES string of the molecule is OC1CCN(c2ccc(-c3nc(-c4ccncc4)no3)cn2)CC1. The molecule has 7 heteroatoms. The number of hydrogen-bond donors (Lipinski definition) is 1. The molecule has 3 aromatic heterocycles. The minimum atomic E-state index is -0.189. The Morgan fingerprint density at radius 1 is 1.04 bits per heavy atom. The van der Waals surface area contributed by atoms with Crippen molar-refractivity contribution in [3.05, 3.63) is 42.9 Å². The van der Waals surface area contributed by atoms with Crippen molar-refractivity contribution in [1.82, 2.24) is 20.1 Å². The van der Waals surface area contributed by atoms with Gasteiger partial charge in [0.05, 0.1) is 11.7 Å². The van der Waals surface area contributed by atoms with E-state index in [1.807, 2.05) is 24.3 Å². The highest BCUT2D eigenvalue weighted by molar-refractivity contribution is 5.59. The van der Waals surface area contributed by atoms with E-state index in [-0.39, 0.29) is 6.10 Å². The molecule has 122 valence electrons. The van der Waals surface area contributed by atoms with Gasteiger partial charge in [0.2, 0.25) is 5.82 Å². The van der Waals surface area contributed by atoms with E-state index < -0.39 is 0 Å². The number of rotatable bonds is 3. The highest BCUT2D eigenvalue weighted by Crippen LogP contribution is 2.24. The maximum atomic E-state index is 9.58. The second-order valence-corrected chi connectivity index (χ2v) is 5.78. The summed E-state index contributed by atoms with van der Waals surface area (Å²) in [5.74, 6) is 1.87. The molecule has 1 N–H and O–H groups in total. The van der Waals surface area contributed by atoms with E-state index in [9.17, 15) is 5.11 Å². The Labute approximate surface area is 139 Å². The van der Waals surface area contributed by atoms with Crippen LogP contribution in [0.15, 0.2) is 47.4 Å². The zero-order chi connectivity index (χ0) is 16.4. The van der Waals surface area contributed by atoms with Crippen LogP contribution < -0.4 is 4.90 Å². The van der Waals surface area contributed by atoms with E-state index >= 15 is 0 Å². The molecule has 1 fully saturated rings. The Hall–Kier alpha value is -2.80. The van der Waals surface area contributed by atoms with Gasteiger partial charge in [0, 0.05) is 37.2 Å². The van der Waals surface area contributed by atoms with E-state index in [2.05, 4.69) is 25.0 Å². The molecule has 0 amide bonds. The fourth-order valence-electron chi connectivity index (χ4n) is 2.75. The largest absolute Gasteiger partial charge is 0.393 e. The summed E-state index contributed by atoms with van der Waals surface area (Å²) in [7, 11) is 0. The normalized spacial score (nSPS) is 15.6. The van der Waals surface area contributed by atoms with Crippen LogP contribution in [0.4, 0.5) is 5.82 Å². The third-order valence-corrected chi connectivity index (χ3v) is 4.15. The van der Waals surface area contributed by atoms with Crippen molar-refractivity contribution in [2.24, 2.45) is 0 Å². The minimum Gasteiger partial charge on any atom is -0.393 e. The predicted octanol–water partition coefficient (Wildman–Crippen LogP) is 2.15. The Morgan fingerprint density at radius 2 is 1.83 bits per heavy atom. The second-order valence-electron chi connectivity index (χ2n) is 5.78. The third kappa shape index (κ3) is 2.98. The van der Waals surface area contributed by atoms with Crippen molar-refractivity contribution < 1.29 is 9.63 Å². The van der Waals surface area contributed by atoms with Crippen LogP contribution in [0.25, 0.3) is 22.8 Å². The van der Waals surface area contributed by atoms with Crippen LogP contribution in [0.2, 0.25) is 0 Å². The zero-order valence-electron chi connectivity index (χ0n) is 13.0. The maximum Gasteiger partial charge on any atom is 0.259 e. The molecule has 24 heavy (non-hydrogen) atoms. The van der Waals surface area contributed by atoms with Crippen molar-refractivity contribution in [2.45, 2.75) is 18.9 Å². The number of pyridine rings is 2. The van der Waals surface area contributed by atoms with E-state index in [1.54, 1.807) is 18.6 Å². The zero-order valence-corrected chi connectivity index (χ0v) is 13.0. The molecular weight excluding hydrogens is 306 g/mol. The maximum absolute atomic E-state index is 9.58. The van der Waals surface area contributed by atoms with Gasteiger partial charge in [0.1, 0.15) is 5.82 Å². The van der Waals surface area contributed by atoms with Gasteiger partial charge < -0.3 is 14.5 Å². The van der Waals surface area contributed by atoms with Crippen molar-refractivity contribution in [2.75, 3.05) is 18.0 Å². The Morgan fingerprint density at radius 3 is 2.54 bits per heavy atom. The predicted molar refractivity (Wildman–Crippen MR) is 88.2 cm³/mol. The summed E-state index contributed by atoms with van der Waals surface area (Å²) in [5, 5.41) is 13.6. The van der Waals surface area contributed by atoms with Gasteiger partial charge in [-0.25, -0.2) is 4.98 Å². The number of hydrogen-bond acceptors (Lipinski definition) is 7. The average Bonchev–Trinajstić information content (AvgIpc) is 3.13. The smallest absolute Gasteiger partial charge is 0.259 e. The highest BCUT2D eigenvalue weighted by Gasteiger charge is 2.18. The molecule has 0 saturated carbocycles. The number of piperidine rings is 1. The quantitative estimate of drug-likeness (QED) is 0.790. The Kier molecular flexibility index (Phi) is 3.92. The first-order valence-electron chi connectivity index (χ1n) is 7.93. The Balaban J connectivity index is 1.52. The molecule has 0 spiro atoms. The van der Waals surface area contributed by atoms with E-state index in [0.29, 0.717) is 11.7 Å². The lowest BCUT2D eigenvalue weighted by molar-refractivity contribution is 0.145. The molecule has 3 aromatic rings. The fraction of sp³-hybridized carbons (Fsp3) is 0.294. The van der Waals surface area contributed by atoms with E-state index in [4.69, 9.17) is 4.52 Å². The minimum absolute atomic E-state index is 0.189. The number of anilines is 1. The average molecular weight is 323 g/mol. The Bertz CT molecular complexity index is 795. The molecule has 0 atom stereocenters. The first kappa shape index (κ1) is 14.8. The van der Waals surface area contributed by atoms with Crippen LogP contribution >= 0.6 is 0 Å². The summed E-state index contributed by atoms with van der Waals surface area (Å²) in [6.07, 6.45) is 6.49. The third-order valence-electron chi connectivity index (χ3n) is 4.15. The molecule has 1 aliphatic rings. The molecule has 4 heterocycles. The molecule has 0 unspecified atom stereocenters. The van der Waals surface area contributed by atoms with Gasteiger partial charge in [-0.1, -0.05) is 5.16 Å². The fourth-order valence-corrected chi connectivity index (χ4v) is 2.75. The summed E-state index contributed by atoms with van der Waals surface area (Å²) >= 11 is 0. The van der Waals surface area contributed by atoms with Gasteiger partial charge in [0.25, 0.3) is 5.89 Å². The van der Waals surface area contributed by atoms with Gasteiger partial charge in [-0.15, -0.1) is 0 Å². The molecule has 1 saturated heterocycles. The molecule has 7 nitrogen and oxygen atoms in total. The monoisotopic (exact) mass is 323 g/mol. The molecule has 0 radical (unpaired) electrons. The lowest BCUT2D eigenvalue weighted by Gasteiger charge is -2.30. The van der Waals surface area contributed by atoms with Crippen molar-refractivity contribution >= 4 is 5.82 Å². The molecule has 0 bridgehead atoms. The standard InChI is InChI=1S/C17H17N5O2/c23-14-5-9-22(10-6-14)15-2-1-13(11-19-15)17-20-16(21-24-17)12-3-7-18-8-4-12/h1-4,7-8,11,14,23H,5-6,9-10H2. The lowest BCUT2D eigenvalue weighted by atomic mass is 10.1. The van der Waals surface area contributed by atoms with Crippen LogP contribution in [0.5, 0.6) is 0 Å². The van der Waals surface area contributed by atoms with Crippen LogP contribution in [0, 0.1) is 0 Å². The number of nitrogens with zero attached hydrogens (tertiary/aromatic N) is 5. The van der Waals surface area contributed by atoms with Crippen molar-refractivity contribution in [1.29, 1.82) is 0 Å². The van der Waals surface area contributed by atoms with Gasteiger partial charge >= 0.3 is 0 Å². The van der Waals surface area contributed by atoms with E-state index in [0.717, 1.165) is 42.9 Å². The number of aromatic nitrogens is 4. The van der Waals surface area contributed by atoms with Crippen molar-refractivity contribution in [3.8, 4) is 22.8 Å². The summed E-state index contributed by atoms with van der Waals surface area (Å²) < 4.78 is 5.34. The van der Waals surface area contributed by atoms with Crippen LogP contribution in [0.1, 0.15) is 12.8 Å². The summed E-state index contributed by atoms with van der Waals surface area (Å²) in [6, 6.07) is 7.54. The van der Waals surface area contributed by atoms with Gasteiger partial charge in [-0.05, 0) is 37.1 Å². The van der Waals surface area contributed by atoms with Gasteiger partial charge in [-0.2, -0.15) is 4.98 Å². The van der Waals surface area contributed by atoms with Crippen molar-refractivity contribution in [3.63, 3.8) is 0 Å². The molecule has 0 aromatic carbocycles. The summed E-state index contributed by atoms with van der Waals surface area (Å²) in [4.78, 5) is 15.1. The van der Waals surface area contributed by atoms with Crippen LogP contribution in [0.3, 0.4) is 0 Å². The summed E-state index contributed by atoms with van der Waals surface area (Å²) in [6.45, 7) is 1.64. The molecular formula is C17H17N5O2. The number of aliphatic hydroxyl groups is 1. The second kappa shape index (κ2) is 6.37. The number of aliphatic hydroxyl groups excluding tert-OH is 1. The lowest BCUT2D eigenvalue weighted by Crippen LogP contribution is -2.36. The first-order valence-corrected chi connectivity index (χ1v) is 7.93. The molecule has 0 aliphatic carbocycles. The first-order chi connectivity index (χ1) is 11.8. The molecule has 1 aliphatic heterocycles. The van der Waals surface area contributed by atoms with Crippen LogP contribution in [-0.2, 0) is 0 Å².